The highest BCUT2D eigenvalue weighted by atomic mass is 32.2. The minimum Gasteiger partial charge on any atom is -0.453 e. The first-order valence-corrected chi connectivity index (χ1v) is 9.77. The van der Waals surface area contributed by atoms with Crippen LogP contribution in [0.25, 0.3) is 0 Å². The van der Waals surface area contributed by atoms with Gasteiger partial charge in [0.05, 0.1) is 18.8 Å². The van der Waals surface area contributed by atoms with Gasteiger partial charge < -0.3 is 20.3 Å². The third-order valence-electron chi connectivity index (χ3n) is 4.62. The molecule has 2 aliphatic rings. The minimum atomic E-state index is -3.96. The zero-order valence-electron chi connectivity index (χ0n) is 14.7. The Morgan fingerprint density at radius 3 is 2.71 bits per heavy atom. The first kappa shape index (κ1) is 18.0. The summed E-state index contributed by atoms with van der Waals surface area (Å²) in [5.41, 5.74) is 0.211. The number of rotatable bonds is 2. The zero-order chi connectivity index (χ0) is 20.1. The number of anilines is 1. The van der Waals surface area contributed by atoms with Gasteiger partial charge in [-0.15, -0.1) is 0 Å². The summed E-state index contributed by atoms with van der Waals surface area (Å²) >= 11 is 0. The van der Waals surface area contributed by atoms with Crippen LogP contribution in [0.5, 0.6) is 0 Å². The Labute approximate surface area is 160 Å². The normalized spacial score (nSPS) is 17.5. The summed E-state index contributed by atoms with van der Waals surface area (Å²) in [6.07, 6.45) is 0.830. The molecule has 3 heterocycles. The van der Waals surface area contributed by atoms with Gasteiger partial charge in [0.1, 0.15) is 10.6 Å². The fourth-order valence-corrected chi connectivity index (χ4v) is 4.63. The Kier molecular flexibility index (Phi) is 4.11. The monoisotopic (exact) mass is 404 g/mol. The Balaban J connectivity index is 1.56. The van der Waals surface area contributed by atoms with Gasteiger partial charge in [-0.3, -0.25) is 9.59 Å². The second-order valence-corrected chi connectivity index (χ2v) is 8.19. The van der Waals surface area contributed by atoms with Gasteiger partial charge in [-0.1, -0.05) is 0 Å². The molecule has 0 aliphatic carbocycles. The van der Waals surface area contributed by atoms with E-state index in [-0.39, 0.29) is 27.9 Å². The molecule has 1 fully saturated rings. The number of hydrogen-bond acceptors (Lipinski definition) is 6. The van der Waals surface area contributed by atoms with Gasteiger partial charge in [-0.25, -0.2) is 17.2 Å². The lowest BCUT2D eigenvalue weighted by Gasteiger charge is -2.38. The van der Waals surface area contributed by atoms with Crippen LogP contribution in [0.1, 0.15) is 20.8 Å². The van der Waals surface area contributed by atoms with E-state index >= 15 is 0 Å². The minimum absolute atomic E-state index is 0.0143. The van der Waals surface area contributed by atoms with E-state index in [1.165, 1.54) is 48.5 Å². The first-order chi connectivity index (χ1) is 13.3. The van der Waals surface area contributed by atoms with Gasteiger partial charge in [0.15, 0.2) is 0 Å². The van der Waals surface area contributed by atoms with Crippen molar-refractivity contribution in [2.75, 3.05) is 25.5 Å². The highest BCUT2D eigenvalue weighted by molar-refractivity contribution is 7.90. The third-order valence-corrected chi connectivity index (χ3v) is 6.37. The number of likely N-dealkylation sites (tertiary alicyclic amines) is 1. The molecule has 3 amide bonds. The van der Waals surface area contributed by atoms with E-state index in [2.05, 4.69) is 15.4 Å². The van der Waals surface area contributed by atoms with Crippen LogP contribution in [0.15, 0.2) is 41.4 Å². The maximum atomic E-state index is 12.8. The van der Waals surface area contributed by atoms with Crippen molar-refractivity contribution in [2.24, 2.45) is 0 Å². The van der Waals surface area contributed by atoms with Crippen molar-refractivity contribution in [1.29, 1.82) is 0 Å². The first-order valence-electron chi connectivity index (χ1n) is 8.33. The molecule has 0 radical (unpaired) electrons. The van der Waals surface area contributed by atoms with E-state index < -0.39 is 27.9 Å². The second kappa shape index (κ2) is 6.37. The van der Waals surface area contributed by atoms with Gasteiger partial charge in [0.2, 0.25) is 0 Å². The molecular weight excluding hydrogens is 388 g/mol. The van der Waals surface area contributed by atoms with Crippen LogP contribution in [-0.4, -0.2) is 61.4 Å². The number of ether oxygens (including phenoxy) is 1. The van der Waals surface area contributed by atoms with Crippen LogP contribution in [0.4, 0.5) is 10.5 Å². The molecular formula is C17H16N4O6S. The van der Waals surface area contributed by atoms with Gasteiger partial charge in [-0.05, 0) is 30.3 Å². The molecule has 11 heteroatoms. The van der Waals surface area contributed by atoms with Crippen LogP contribution < -0.4 is 10.6 Å². The van der Waals surface area contributed by atoms with Crippen molar-refractivity contribution in [1.82, 2.24) is 14.2 Å². The smallest absolute Gasteiger partial charge is 0.409 e. The van der Waals surface area contributed by atoms with Crippen LogP contribution in [0.2, 0.25) is 0 Å². The Hall–Kier alpha value is -3.34. The van der Waals surface area contributed by atoms with E-state index in [0.29, 0.717) is 13.1 Å². The fourth-order valence-electron chi connectivity index (χ4n) is 3.15. The van der Waals surface area contributed by atoms with Crippen LogP contribution in [0, 0.1) is 0 Å². The zero-order valence-corrected chi connectivity index (χ0v) is 15.5. The summed E-state index contributed by atoms with van der Waals surface area (Å²) < 4.78 is 31.1. The number of benzene rings is 1. The van der Waals surface area contributed by atoms with Crippen molar-refractivity contribution in [3.63, 3.8) is 0 Å². The number of nitrogens with zero attached hydrogens (tertiary/aromatic N) is 2. The number of carbonyl (C=O) groups is 3. The molecule has 10 nitrogen and oxygen atoms in total. The van der Waals surface area contributed by atoms with E-state index in [0.717, 1.165) is 3.97 Å². The molecule has 0 saturated carbocycles. The maximum absolute atomic E-state index is 12.8. The van der Waals surface area contributed by atoms with Crippen LogP contribution in [-0.2, 0) is 14.8 Å². The molecule has 0 unspecified atom stereocenters. The predicted octanol–water partition coefficient (Wildman–Crippen LogP) is 0.471. The predicted molar refractivity (Wildman–Crippen MR) is 96.6 cm³/mol. The van der Waals surface area contributed by atoms with Gasteiger partial charge in [0.25, 0.3) is 21.8 Å². The Morgan fingerprint density at radius 1 is 1.25 bits per heavy atom. The lowest BCUT2D eigenvalue weighted by molar-refractivity contribution is 0.0697. The molecule has 0 atom stereocenters. The van der Waals surface area contributed by atoms with E-state index in [9.17, 15) is 22.8 Å². The molecule has 2 aliphatic heterocycles. The number of carbonyl (C=O) groups excluding carboxylic acids is 3. The maximum Gasteiger partial charge on any atom is 0.409 e. The van der Waals surface area contributed by atoms with E-state index in [1.807, 2.05) is 0 Å². The fraction of sp³-hybridized carbons (Fsp3) is 0.235. The number of nitrogens with one attached hydrogen (secondary N) is 2. The van der Waals surface area contributed by atoms with Crippen molar-refractivity contribution < 1.29 is 27.5 Å². The third kappa shape index (κ3) is 2.80. The number of aromatic nitrogens is 1. The van der Waals surface area contributed by atoms with Crippen molar-refractivity contribution >= 4 is 33.6 Å². The highest BCUT2D eigenvalue weighted by Gasteiger charge is 2.33. The average molecular weight is 404 g/mol. The van der Waals surface area contributed by atoms with Gasteiger partial charge >= 0.3 is 6.09 Å². The van der Waals surface area contributed by atoms with Crippen molar-refractivity contribution in [2.45, 2.75) is 10.9 Å². The standard InChI is InChI=1S/C17H16N4O6S/c1-27-17(24)20-8-11(9-20)18-15(22)10-4-5-14-12(7-10)19-16(23)13-3-2-6-21(13)28(14,25)26/h2-7,11H,8-9H2,1H3,(H,18,22)(H,19,23). The average Bonchev–Trinajstić information content (AvgIpc) is 3.11. The summed E-state index contributed by atoms with van der Waals surface area (Å²) in [5, 5.41) is 5.29. The van der Waals surface area contributed by atoms with Gasteiger partial charge in [-0.2, -0.15) is 0 Å². The topological polar surface area (TPSA) is 127 Å². The molecule has 0 bridgehead atoms. The summed E-state index contributed by atoms with van der Waals surface area (Å²) in [6, 6.07) is 6.62. The summed E-state index contributed by atoms with van der Waals surface area (Å²) in [6.45, 7) is 0.647. The molecule has 146 valence electrons. The van der Waals surface area contributed by atoms with Crippen molar-refractivity contribution in [3.8, 4) is 0 Å². The SMILES string of the molecule is COC(=O)N1CC(NC(=O)c2ccc3c(c2)NC(=O)c2cccn2S3(=O)=O)C1. The summed E-state index contributed by atoms with van der Waals surface area (Å²) in [5.74, 6) is -1.02. The van der Waals surface area contributed by atoms with Crippen molar-refractivity contribution in [3.05, 3.63) is 47.8 Å². The highest BCUT2D eigenvalue weighted by Crippen LogP contribution is 2.29. The Morgan fingerprint density at radius 2 is 2.00 bits per heavy atom. The van der Waals surface area contributed by atoms with Gasteiger partial charge in [0, 0.05) is 24.8 Å². The second-order valence-electron chi connectivity index (χ2n) is 6.40. The Bertz CT molecular complexity index is 1100. The molecule has 2 aromatic rings. The molecule has 0 spiro atoms. The molecule has 4 rings (SSSR count). The summed E-state index contributed by atoms with van der Waals surface area (Å²) in [7, 11) is -2.68. The number of fused-ring (bicyclic) bond motifs is 2. The van der Waals surface area contributed by atoms with Crippen LogP contribution >= 0.6 is 0 Å². The lowest BCUT2D eigenvalue weighted by Crippen LogP contribution is -2.60. The molecule has 1 saturated heterocycles. The quantitative estimate of drug-likeness (QED) is 0.749. The lowest BCUT2D eigenvalue weighted by atomic mass is 10.1. The largest absolute Gasteiger partial charge is 0.453 e. The van der Waals surface area contributed by atoms with E-state index in [4.69, 9.17) is 0 Å². The number of amides is 3. The number of hydrogen-bond donors (Lipinski definition) is 2. The van der Waals surface area contributed by atoms with Crippen LogP contribution in [0.3, 0.4) is 0 Å². The number of methoxy groups -OCH3 is 1. The summed E-state index contributed by atoms with van der Waals surface area (Å²) in [4.78, 5) is 37.5. The molecule has 1 aromatic carbocycles. The molecule has 1 aromatic heterocycles. The molecule has 28 heavy (non-hydrogen) atoms. The molecule has 2 N–H and O–H groups in total. The van der Waals surface area contributed by atoms with E-state index in [1.54, 1.807) is 0 Å².